The number of nitrogens with one attached hydrogen (secondary N) is 1. The molecule has 0 saturated carbocycles. The van der Waals surface area contributed by atoms with Crippen molar-refractivity contribution in [2.45, 2.75) is 18.2 Å². The molecule has 4 aromatic carbocycles. The highest BCUT2D eigenvalue weighted by atomic mass is 35.5. The molecule has 0 aromatic heterocycles. The molecular weight excluding hydrogens is 553 g/mol. The first-order valence-corrected chi connectivity index (χ1v) is 13.3. The van der Waals surface area contributed by atoms with Gasteiger partial charge in [-0.05, 0) is 47.7 Å². The highest BCUT2D eigenvalue weighted by Gasteiger charge is 2.21. The van der Waals surface area contributed by atoms with Crippen LogP contribution in [0.5, 0.6) is 11.5 Å². The fraction of sp³-hybridized carbons (Fsp3) is 0.115. The Balaban J connectivity index is 1.80. The molecule has 0 heterocycles. The van der Waals surface area contributed by atoms with Crippen molar-refractivity contribution in [2.24, 2.45) is 10.2 Å². The van der Waals surface area contributed by atoms with Gasteiger partial charge in [0.15, 0.2) is 5.75 Å². The number of nitrogens with zero attached hydrogens (tertiary/aromatic N) is 2. The number of hydrogen-bond acceptors (Lipinski definition) is 7. The van der Waals surface area contributed by atoms with E-state index in [9.17, 15) is 22.9 Å². The van der Waals surface area contributed by atoms with E-state index in [1.165, 1.54) is 19.2 Å². The lowest BCUT2D eigenvalue weighted by Gasteiger charge is -2.13. The van der Waals surface area contributed by atoms with Gasteiger partial charge in [0.1, 0.15) is 22.1 Å². The molecule has 1 amide bonds. The minimum atomic E-state index is -4.49. The zero-order valence-electron chi connectivity index (χ0n) is 20.1. The molecule has 4 rings (SSSR count). The van der Waals surface area contributed by atoms with E-state index < -0.39 is 21.8 Å². The summed E-state index contributed by atoms with van der Waals surface area (Å²) in [5.74, 6) is -0.723. The molecule has 196 valence electrons. The Morgan fingerprint density at radius 3 is 2.47 bits per heavy atom. The Morgan fingerprint density at radius 2 is 1.79 bits per heavy atom. The van der Waals surface area contributed by atoms with Crippen LogP contribution in [0.15, 0.2) is 75.8 Å². The lowest BCUT2D eigenvalue weighted by atomic mass is 10.0. The van der Waals surface area contributed by atoms with Crippen molar-refractivity contribution in [3.63, 3.8) is 0 Å². The van der Waals surface area contributed by atoms with Crippen LogP contribution >= 0.6 is 23.2 Å². The van der Waals surface area contributed by atoms with Gasteiger partial charge in [-0.1, -0.05) is 60.5 Å². The van der Waals surface area contributed by atoms with Gasteiger partial charge in [0, 0.05) is 5.39 Å². The Hall–Kier alpha value is -3.70. The van der Waals surface area contributed by atoms with Crippen molar-refractivity contribution in [1.29, 1.82) is 0 Å². The predicted octanol–water partition coefficient (Wildman–Crippen LogP) is 7.34. The van der Waals surface area contributed by atoms with E-state index in [4.69, 9.17) is 27.9 Å². The number of azo groups is 1. The zero-order valence-corrected chi connectivity index (χ0v) is 22.4. The van der Waals surface area contributed by atoms with Gasteiger partial charge < -0.3 is 15.2 Å². The Kier molecular flexibility index (Phi) is 7.89. The number of ether oxygens (including phenoxy) is 1. The predicted molar refractivity (Wildman–Crippen MR) is 146 cm³/mol. The molecule has 38 heavy (non-hydrogen) atoms. The minimum absolute atomic E-state index is 0.00189. The number of carbonyl (C=O) groups excluding carboxylic acids is 1. The SMILES string of the molecule is CCc1cc(N=Nc2c(O)c(C(=O)Nc3cccc(OC)c3Cl)cc3ccccc23)c(Cl)cc1S(=O)(=O)O. The number of aryl methyl sites for hydroxylation is 1. The molecule has 0 radical (unpaired) electrons. The van der Waals surface area contributed by atoms with E-state index in [2.05, 4.69) is 15.5 Å². The van der Waals surface area contributed by atoms with E-state index in [0.717, 1.165) is 6.07 Å². The number of anilines is 1. The summed E-state index contributed by atoms with van der Waals surface area (Å²) in [4.78, 5) is 12.9. The number of carbonyl (C=O) groups is 1. The number of amides is 1. The van der Waals surface area contributed by atoms with E-state index in [0.29, 0.717) is 16.5 Å². The van der Waals surface area contributed by atoms with Gasteiger partial charge in [0.05, 0.1) is 28.3 Å². The highest BCUT2D eigenvalue weighted by Crippen LogP contribution is 2.41. The second-order valence-electron chi connectivity index (χ2n) is 8.06. The average Bonchev–Trinajstić information content (AvgIpc) is 2.88. The summed E-state index contributed by atoms with van der Waals surface area (Å²) in [7, 11) is -3.04. The largest absolute Gasteiger partial charge is 0.505 e. The van der Waals surface area contributed by atoms with Crippen molar-refractivity contribution < 1.29 is 27.6 Å². The van der Waals surface area contributed by atoms with Gasteiger partial charge >= 0.3 is 0 Å². The molecule has 0 aliphatic rings. The third-order valence-electron chi connectivity index (χ3n) is 5.72. The molecule has 9 nitrogen and oxygen atoms in total. The summed E-state index contributed by atoms with van der Waals surface area (Å²) >= 11 is 12.5. The summed E-state index contributed by atoms with van der Waals surface area (Å²) in [6, 6.07) is 15.8. The van der Waals surface area contributed by atoms with E-state index in [1.807, 2.05) is 0 Å². The van der Waals surface area contributed by atoms with Crippen molar-refractivity contribution >= 4 is 67.1 Å². The van der Waals surface area contributed by atoms with Crippen LogP contribution in [0.2, 0.25) is 10.0 Å². The summed E-state index contributed by atoms with van der Waals surface area (Å²) in [5.41, 5.74) is 0.585. The van der Waals surface area contributed by atoms with Gasteiger partial charge in [0.2, 0.25) is 0 Å². The number of phenolic OH excluding ortho intramolecular Hbond substituents is 1. The molecule has 0 atom stereocenters. The van der Waals surface area contributed by atoms with Crippen molar-refractivity contribution in [3.8, 4) is 11.5 Å². The van der Waals surface area contributed by atoms with Gasteiger partial charge in [0.25, 0.3) is 16.0 Å². The zero-order chi connectivity index (χ0) is 27.6. The molecule has 0 saturated heterocycles. The van der Waals surface area contributed by atoms with Crippen LogP contribution in [-0.4, -0.2) is 31.1 Å². The van der Waals surface area contributed by atoms with Gasteiger partial charge in [-0.3, -0.25) is 9.35 Å². The van der Waals surface area contributed by atoms with Crippen molar-refractivity contribution in [2.75, 3.05) is 12.4 Å². The normalized spacial score (nSPS) is 11.7. The standard InChI is InChI=1S/C26H21Cl2N3O6S/c1-3-14-12-20(18(27)13-22(14)38(34,35)36)30-31-24-16-8-5-4-7-15(16)11-17(25(24)32)26(33)29-19-9-6-10-21(37-2)23(19)28/h4-13,32H,3H2,1-2H3,(H,29,33)(H,34,35,36). The van der Waals surface area contributed by atoms with Crippen LogP contribution in [0.4, 0.5) is 17.1 Å². The molecule has 12 heteroatoms. The van der Waals surface area contributed by atoms with Crippen LogP contribution in [0, 0.1) is 0 Å². The summed E-state index contributed by atoms with van der Waals surface area (Å²) < 4.78 is 38.1. The lowest BCUT2D eigenvalue weighted by molar-refractivity contribution is 0.102. The number of benzene rings is 4. The van der Waals surface area contributed by atoms with Crippen LogP contribution in [0.1, 0.15) is 22.8 Å². The number of phenols is 1. The lowest BCUT2D eigenvalue weighted by Crippen LogP contribution is -2.12. The number of rotatable bonds is 7. The molecular formula is C26H21Cl2N3O6S. The highest BCUT2D eigenvalue weighted by molar-refractivity contribution is 7.85. The van der Waals surface area contributed by atoms with Crippen LogP contribution in [0.25, 0.3) is 10.8 Å². The Labute approximate surface area is 228 Å². The first-order valence-electron chi connectivity index (χ1n) is 11.1. The van der Waals surface area contributed by atoms with Gasteiger partial charge in [-0.25, -0.2) is 0 Å². The fourth-order valence-electron chi connectivity index (χ4n) is 3.83. The first-order chi connectivity index (χ1) is 18.0. The number of methoxy groups -OCH3 is 1. The van der Waals surface area contributed by atoms with Crippen LogP contribution in [0.3, 0.4) is 0 Å². The number of fused-ring (bicyclic) bond motifs is 1. The van der Waals surface area contributed by atoms with Gasteiger partial charge in [-0.15, -0.1) is 10.2 Å². The second-order valence-corrected chi connectivity index (χ2v) is 10.2. The first kappa shape index (κ1) is 27.3. The minimum Gasteiger partial charge on any atom is -0.505 e. The molecule has 0 aliphatic carbocycles. The third kappa shape index (κ3) is 5.44. The monoisotopic (exact) mass is 573 g/mol. The molecule has 0 unspecified atom stereocenters. The number of halogens is 2. The number of hydrogen-bond donors (Lipinski definition) is 3. The third-order valence-corrected chi connectivity index (χ3v) is 7.35. The molecule has 3 N–H and O–H groups in total. The topological polar surface area (TPSA) is 138 Å². The molecule has 0 bridgehead atoms. The molecule has 0 spiro atoms. The van der Waals surface area contributed by atoms with Crippen molar-refractivity contribution in [1.82, 2.24) is 0 Å². The van der Waals surface area contributed by atoms with E-state index >= 15 is 0 Å². The number of aromatic hydroxyl groups is 1. The second kappa shape index (κ2) is 11.0. The average molecular weight is 574 g/mol. The fourth-order valence-corrected chi connectivity index (χ4v) is 5.15. The molecule has 0 aliphatic heterocycles. The van der Waals surface area contributed by atoms with Crippen LogP contribution < -0.4 is 10.1 Å². The van der Waals surface area contributed by atoms with E-state index in [1.54, 1.807) is 49.4 Å². The van der Waals surface area contributed by atoms with Gasteiger partial charge in [-0.2, -0.15) is 8.42 Å². The Bertz CT molecular complexity index is 1710. The maximum Gasteiger partial charge on any atom is 0.294 e. The molecule has 4 aromatic rings. The summed E-state index contributed by atoms with van der Waals surface area (Å²) in [6.45, 7) is 1.70. The quantitative estimate of drug-likeness (QED) is 0.156. The van der Waals surface area contributed by atoms with Crippen LogP contribution in [-0.2, 0) is 16.5 Å². The maximum absolute atomic E-state index is 13.2. The smallest absolute Gasteiger partial charge is 0.294 e. The summed E-state index contributed by atoms with van der Waals surface area (Å²) in [6.07, 6.45) is 0.269. The Morgan fingerprint density at radius 1 is 1.05 bits per heavy atom. The maximum atomic E-state index is 13.2. The summed E-state index contributed by atoms with van der Waals surface area (Å²) in [5, 5.41) is 23.3. The van der Waals surface area contributed by atoms with E-state index in [-0.39, 0.29) is 49.6 Å². The molecule has 0 fully saturated rings. The van der Waals surface area contributed by atoms with Crippen molar-refractivity contribution in [3.05, 3.63) is 81.8 Å².